The van der Waals surface area contributed by atoms with Crippen molar-refractivity contribution in [2.24, 2.45) is 0 Å². The lowest BCUT2D eigenvalue weighted by Gasteiger charge is -2.02. The van der Waals surface area contributed by atoms with Crippen LogP contribution in [0, 0.1) is 0 Å². The number of rotatable bonds is 3. The maximum Gasteiger partial charge on any atom is 0.263 e. The van der Waals surface area contributed by atoms with E-state index >= 15 is 0 Å². The fourth-order valence-electron chi connectivity index (χ4n) is 1.91. The molecule has 0 radical (unpaired) electrons. The van der Waals surface area contributed by atoms with Gasteiger partial charge in [0, 0.05) is 26.7 Å². The number of amides is 1. The summed E-state index contributed by atoms with van der Waals surface area (Å²) in [6.07, 6.45) is 3.18. The fourth-order valence-corrected chi connectivity index (χ4v) is 3.29. The van der Waals surface area contributed by atoms with E-state index in [1.807, 2.05) is 24.3 Å². The van der Waals surface area contributed by atoms with E-state index in [0.29, 0.717) is 17.1 Å². The SMILES string of the molecule is Nc1c(C(=O)NCc2ccoc2)sc2ccc(Br)cc12. The first-order valence-corrected chi connectivity index (χ1v) is 7.53. The van der Waals surface area contributed by atoms with Gasteiger partial charge in [-0.3, -0.25) is 4.79 Å². The number of nitrogen functional groups attached to an aromatic ring is 1. The zero-order valence-corrected chi connectivity index (χ0v) is 12.8. The van der Waals surface area contributed by atoms with E-state index in [4.69, 9.17) is 10.2 Å². The van der Waals surface area contributed by atoms with E-state index in [-0.39, 0.29) is 5.91 Å². The first kappa shape index (κ1) is 13.2. The number of halogens is 1. The van der Waals surface area contributed by atoms with Crippen LogP contribution in [-0.4, -0.2) is 5.91 Å². The summed E-state index contributed by atoms with van der Waals surface area (Å²) in [5, 5.41) is 3.74. The molecule has 0 bridgehead atoms. The Hall–Kier alpha value is -1.79. The van der Waals surface area contributed by atoms with Gasteiger partial charge in [0.1, 0.15) is 4.88 Å². The monoisotopic (exact) mass is 350 g/mol. The van der Waals surface area contributed by atoms with Gasteiger partial charge in [0.05, 0.1) is 18.2 Å². The number of nitrogens with two attached hydrogens (primary N) is 1. The average molecular weight is 351 g/mol. The molecule has 3 aromatic rings. The molecule has 0 saturated heterocycles. The predicted octanol–water partition coefficient (Wildman–Crippen LogP) is 3.77. The standard InChI is InChI=1S/C14H11BrN2O2S/c15-9-1-2-11-10(5-9)12(16)13(20-11)14(18)17-6-8-3-4-19-7-8/h1-5,7H,6,16H2,(H,17,18). The van der Waals surface area contributed by atoms with Crippen molar-refractivity contribution in [2.45, 2.75) is 6.54 Å². The average Bonchev–Trinajstić information content (AvgIpc) is 3.05. The number of carbonyl (C=O) groups excluding carboxylic acids is 1. The molecule has 0 unspecified atom stereocenters. The highest BCUT2D eigenvalue weighted by Gasteiger charge is 2.16. The summed E-state index contributed by atoms with van der Waals surface area (Å²) in [5.74, 6) is -0.166. The number of furan rings is 1. The van der Waals surface area contributed by atoms with Gasteiger partial charge in [0.15, 0.2) is 0 Å². The van der Waals surface area contributed by atoms with Crippen LogP contribution in [0.3, 0.4) is 0 Å². The van der Waals surface area contributed by atoms with Gasteiger partial charge in [0.2, 0.25) is 0 Å². The van der Waals surface area contributed by atoms with Gasteiger partial charge in [-0.2, -0.15) is 0 Å². The van der Waals surface area contributed by atoms with Gasteiger partial charge in [0.25, 0.3) is 5.91 Å². The molecule has 1 aromatic carbocycles. The second-order valence-corrected chi connectivity index (χ2v) is 6.27. The minimum Gasteiger partial charge on any atom is -0.472 e. The second-order valence-electron chi connectivity index (χ2n) is 4.30. The number of carbonyl (C=O) groups is 1. The Morgan fingerprint density at radius 2 is 2.25 bits per heavy atom. The third-order valence-corrected chi connectivity index (χ3v) is 4.61. The molecule has 2 aromatic heterocycles. The van der Waals surface area contributed by atoms with Crippen LogP contribution in [-0.2, 0) is 6.54 Å². The number of benzene rings is 1. The van der Waals surface area contributed by atoms with Gasteiger partial charge in [-0.15, -0.1) is 11.3 Å². The number of hydrogen-bond acceptors (Lipinski definition) is 4. The van der Waals surface area contributed by atoms with Crippen molar-refractivity contribution in [1.82, 2.24) is 5.32 Å². The Balaban J connectivity index is 1.86. The van der Waals surface area contributed by atoms with Crippen LogP contribution >= 0.6 is 27.3 Å². The smallest absolute Gasteiger partial charge is 0.263 e. The summed E-state index contributed by atoms with van der Waals surface area (Å²) in [6.45, 7) is 0.423. The summed E-state index contributed by atoms with van der Waals surface area (Å²) in [6, 6.07) is 7.62. The van der Waals surface area contributed by atoms with Gasteiger partial charge < -0.3 is 15.5 Å². The minimum atomic E-state index is -0.166. The predicted molar refractivity (Wildman–Crippen MR) is 83.8 cm³/mol. The number of anilines is 1. The van der Waals surface area contributed by atoms with Crippen molar-refractivity contribution in [3.63, 3.8) is 0 Å². The molecular weight excluding hydrogens is 340 g/mol. The largest absolute Gasteiger partial charge is 0.472 e. The first-order valence-electron chi connectivity index (χ1n) is 5.92. The van der Waals surface area contributed by atoms with Crippen LogP contribution in [0.4, 0.5) is 5.69 Å². The quantitative estimate of drug-likeness (QED) is 0.755. The second kappa shape index (κ2) is 5.30. The zero-order chi connectivity index (χ0) is 14.1. The number of fused-ring (bicyclic) bond motifs is 1. The van der Waals surface area contributed by atoms with Gasteiger partial charge in [-0.1, -0.05) is 15.9 Å². The maximum atomic E-state index is 12.2. The summed E-state index contributed by atoms with van der Waals surface area (Å²) < 4.78 is 6.90. The van der Waals surface area contributed by atoms with Crippen LogP contribution in [0.1, 0.15) is 15.2 Å². The highest BCUT2D eigenvalue weighted by atomic mass is 79.9. The van der Waals surface area contributed by atoms with Crippen molar-refractivity contribution in [2.75, 3.05) is 5.73 Å². The summed E-state index contributed by atoms with van der Waals surface area (Å²) >= 11 is 4.80. The molecule has 0 aliphatic heterocycles. The van der Waals surface area contributed by atoms with Crippen LogP contribution in [0.15, 0.2) is 45.7 Å². The van der Waals surface area contributed by atoms with Crippen LogP contribution in [0.25, 0.3) is 10.1 Å². The molecule has 0 saturated carbocycles. The Morgan fingerprint density at radius 1 is 1.40 bits per heavy atom. The summed E-state index contributed by atoms with van der Waals surface area (Å²) in [4.78, 5) is 12.7. The Labute approximate surface area is 127 Å². The number of thiophene rings is 1. The normalized spacial score (nSPS) is 10.8. The number of nitrogens with one attached hydrogen (secondary N) is 1. The van der Waals surface area contributed by atoms with Crippen LogP contribution < -0.4 is 11.1 Å². The maximum absolute atomic E-state index is 12.2. The molecule has 0 fully saturated rings. The molecule has 4 nitrogen and oxygen atoms in total. The Morgan fingerprint density at radius 3 is 3.00 bits per heavy atom. The van der Waals surface area contributed by atoms with Crippen molar-refractivity contribution >= 4 is 48.9 Å². The van der Waals surface area contributed by atoms with Gasteiger partial charge in [-0.05, 0) is 24.3 Å². The molecule has 20 heavy (non-hydrogen) atoms. The molecule has 6 heteroatoms. The fraction of sp³-hybridized carbons (Fsp3) is 0.0714. The van der Waals surface area contributed by atoms with Gasteiger partial charge in [-0.25, -0.2) is 0 Å². The Kier molecular flexibility index (Phi) is 3.50. The van der Waals surface area contributed by atoms with Crippen LogP contribution in [0.5, 0.6) is 0 Å². The van der Waals surface area contributed by atoms with Crippen LogP contribution in [0.2, 0.25) is 0 Å². The van der Waals surface area contributed by atoms with Crippen molar-refractivity contribution in [3.05, 3.63) is 51.7 Å². The van der Waals surface area contributed by atoms with E-state index < -0.39 is 0 Å². The minimum absolute atomic E-state index is 0.166. The molecule has 0 aliphatic rings. The third-order valence-electron chi connectivity index (χ3n) is 2.93. The van der Waals surface area contributed by atoms with Crippen molar-refractivity contribution < 1.29 is 9.21 Å². The van der Waals surface area contributed by atoms with E-state index in [0.717, 1.165) is 20.1 Å². The number of hydrogen-bond donors (Lipinski definition) is 2. The summed E-state index contributed by atoms with van der Waals surface area (Å²) in [7, 11) is 0. The van der Waals surface area contributed by atoms with E-state index in [1.165, 1.54) is 11.3 Å². The topological polar surface area (TPSA) is 68.3 Å². The van der Waals surface area contributed by atoms with Gasteiger partial charge >= 0.3 is 0 Å². The molecule has 3 N–H and O–H groups in total. The zero-order valence-electron chi connectivity index (χ0n) is 10.4. The van der Waals surface area contributed by atoms with E-state index in [1.54, 1.807) is 12.5 Å². The molecular formula is C14H11BrN2O2S. The highest BCUT2D eigenvalue weighted by Crippen LogP contribution is 2.35. The molecule has 3 rings (SSSR count). The lowest BCUT2D eigenvalue weighted by molar-refractivity contribution is 0.0956. The molecule has 0 aliphatic carbocycles. The first-order chi connectivity index (χ1) is 9.65. The van der Waals surface area contributed by atoms with Crippen molar-refractivity contribution in [1.29, 1.82) is 0 Å². The lowest BCUT2D eigenvalue weighted by Crippen LogP contribution is -2.22. The molecule has 0 spiro atoms. The molecule has 1 amide bonds. The lowest BCUT2D eigenvalue weighted by atomic mass is 10.2. The highest BCUT2D eigenvalue weighted by molar-refractivity contribution is 9.10. The molecule has 0 atom stereocenters. The van der Waals surface area contributed by atoms with E-state index in [9.17, 15) is 4.79 Å². The molecule has 102 valence electrons. The van der Waals surface area contributed by atoms with Crippen molar-refractivity contribution in [3.8, 4) is 0 Å². The molecule has 2 heterocycles. The summed E-state index contributed by atoms with van der Waals surface area (Å²) in [5.41, 5.74) is 7.51. The third kappa shape index (κ3) is 2.44. The van der Waals surface area contributed by atoms with E-state index in [2.05, 4.69) is 21.2 Å². The Bertz CT molecular complexity index is 765.